The molecule has 1 aromatic carbocycles. The fourth-order valence-electron chi connectivity index (χ4n) is 3.27. The van der Waals surface area contributed by atoms with Crippen molar-refractivity contribution < 1.29 is 4.79 Å². The van der Waals surface area contributed by atoms with Crippen LogP contribution in [-0.2, 0) is 4.79 Å². The minimum Gasteiger partial charge on any atom is -0.309 e. The lowest BCUT2D eigenvalue weighted by atomic mass is 10.1. The fraction of sp³-hybridized carbons (Fsp3) is 0.357. The molecule has 2 aromatic rings. The summed E-state index contributed by atoms with van der Waals surface area (Å²) in [4.78, 5) is 22.3. The number of carbonyl (C=O) groups excluding carboxylic acids is 1. The van der Waals surface area contributed by atoms with E-state index in [1.54, 1.807) is 6.20 Å². The van der Waals surface area contributed by atoms with Gasteiger partial charge in [-0.3, -0.25) is 4.79 Å². The molecule has 4 nitrogen and oxygen atoms in total. The van der Waals surface area contributed by atoms with Crippen LogP contribution in [0.2, 0.25) is 5.28 Å². The fourth-order valence-corrected chi connectivity index (χ4v) is 3.41. The summed E-state index contributed by atoms with van der Waals surface area (Å²) in [5, 5.41) is 1.17. The minimum absolute atomic E-state index is 0.231. The summed E-state index contributed by atoms with van der Waals surface area (Å²) >= 11 is 5.82. The van der Waals surface area contributed by atoms with Gasteiger partial charge in [0.15, 0.2) is 0 Å². The average molecular weight is 274 g/mol. The number of hydrogen-bond acceptors (Lipinski definition) is 3. The van der Waals surface area contributed by atoms with Gasteiger partial charge in [0.25, 0.3) is 0 Å². The van der Waals surface area contributed by atoms with Gasteiger partial charge in [-0.25, -0.2) is 9.97 Å². The van der Waals surface area contributed by atoms with E-state index in [1.165, 1.54) is 0 Å². The van der Waals surface area contributed by atoms with Gasteiger partial charge in [-0.05, 0) is 49.1 Å². The van der Waals surface area contributed by atoms with Crippen molar-refractivity contribution in [1.29, 1.82) is 0 Å². The van der Waals surface area contributed by atoms with Gasteiger partial charge in [0, 0.05) is 29.2 Å². The lowest BCUT2D eigenvalue weighted by Gasteiger charge is -2.27. The predicted molar refractivity (Wildman–Crippen MR) is 73.2 cm³/mol. The Kier molecular flexibility index (Phi) is 2.30. The third-order valence-electron chi connectivity index (χ3n) is 4.17. The molecule has 2 unspecified atom stereocenters. The Labute approximate surface area is 115 Å². The zero-order valence-corrected chi connectivity index (χ0v) is 11.0. The Hall–Kier alpha value is -1.68. The van der Waals surface area contributed by atoms with E-state index in [0.29, 0.717) is 6.04 Å². The highest BCUT2D eigenvalue weighted by Crippen LogP contribution is 2.41. The molecule has 2 heterocycles. The summed E-state index contributed by atoms with van der Waals surface area (Å²) in [5.74, 6) is 0.491. The molecule has 1 saturated heterocycles. The van der Waals surface area contributed by atoms with E-state index in [-0.39, 0.29) is 17.1 Å². The first-order valence-electron chi connectivity index (χ1n) is 6.48. The molecule has 0 spiro atoms. The topological polar surface area (TPSA) is 46.1 Å². The zero-order valence-electron chi connectivity index (χ0n) is 10.2. The lowest BCUT2D eigenvalue weighted by molar-refractivity contribution is -0.121. The standard InChI is InChI=1S/C14H12ClN3O/c15-14-16-7-9-2-4-11(6-12(9)17-14)18-10-3-1-8(5-10)13(18)19/h2,4,6-8,10H,1,3,5H2. The van der Waals surface area contributed by atoms with Crippen LogP contribution in [0, 0.1) is 5.92 Å². The number of benzene rings is 1. The maximum Gasteiger partial charge on any atom is 0.230 e. The Morgan fingerprint density at radius 3 is 3.00 bits per heavy atom. The summed E-state index contributed by atoms with van der Waals surface area (Å²) in [6, 6.07) is 6.22. The summed E-state index contributed by atoms with van der Waals surface area (Å²) < 4.78 is 0. The van der Waals surface area contributed by atoms with Gasteiger partial charge in [-0.2, -0.15) is 0 Å². The number of amides is 1. The van der Waals surface area contributed by atoms with Crippen LogP contribution in [0.1, 0.15) is 19.3 Å². The van der Waals surface area contributed by atoms with E-state index in [1.807, 2.05) is 23.1 Å². The lowest BCUT2D eigenvalue weighted by Crippen LogP contribution is -2.36. The molecule has 2 aliphatic rings. The minimum atomic E-state index is 0.231. The second-order valence-electron chi connectivity index (χ2n) is 5.25. The van der Waals surface area contributed by atoms with Crippen molar-refractivity contribution in [1.82, 2.24) is 9.97 Å². The van der Waals surface area contributed by atoms with Crippen LogP contribution in [0.4, 0.5) is 5.69 Å². The van der Waals surface area contributed by atoms with Crippen molar-refractivity contribution in [3.63, 3.8) is 0 Å². The van der Waals surface area contributed by atoms with Crippen LogP contribution in [0.3, 0.4) is 0 Å². The third kappa shape index (κ3) is 1.63. The van der Waals surface area contributed by atoms with Crippen molar-refractivity contribution in [2.75, 3.05) is 4.90 Å². The molecule has 1 amide bonds. The maximum absolute atomic E-state index is 12.2. The van der Waals surface area contributed by atoms with Crippen molar-refractivity contribution in [3.05, 3.63) is 29.7 Å². The molecule has 1 aliphatic heterocycles. The van der Waals surface area contributed by atoms with Crippen LogP contribution in [0.25, 0.3) is 10.9 Å². The second-order valence-corrected chi connectivity index (χ2v) is 5.59. The molecule has 0 radical (unpaired) electrons. The first kappa shape index (κ1) is 11.2. The van der Waals surface area contributed by atoms with E-state index in [2.05, 4.69) is 9.97 Å². The molecule has 96 valence electrons. The number of aromatic nitrogens is 2. The van der Waals surface area contributed by atoms with Gasteiger partial charge < -0.3 is 4.90 Å². The van der Waals surface area contributed by atoms with Gasteiger partial charge in [0.1, 0.15) is 0 Å². The molecular formula is C14H12ClN3O. The Balaban J connectivity index is 1.81. The summed E-state index contributed by atoms with van der Waals surface area (Å²) in [6.07, 6.45) is 4.86. The molecule has 0 N–H and O–H groups in total. The molecule has 4 rings (SSSR count). The zero-order chi connectivity index (χ0) is 13.0. The summed E-state index contributed by atoms with van der Waals surface area (Å²) in [7, 11) is 0. The molecule has 19 heavy (non-hydrogen) atoms. The van der Waals surface area contributed by atoms with Crippen LogP contribution < -0.4 is 4.90 Å². The van der Waals surface area contributed by atoms with Crippen LogP contribution >= 0.6 is 11.6 Å². The van der Waals surface area contributed by atoms with Gasteiger partial charge in [0.2, 0.25) is 11.2 Å². The maximum atomic E-state index is 12.2. The van der Waals surface area contributed by atoms with Crippen LogP contribution in [-0.4, -0.2) is 21.9 Å². The Bertz CT molecular complexity index is 687. The number of halogens is 1. The Morgan fingerprint density at radius 2 is 2.21 bits per heavy atom. The SMILES string of the molecule is O=C1C2CCC(C2)N1c1ccc2cnc(Cl)nc2c1. The number of piperidine rings is 1. The van der Waals surface area contributed by atoms with Crippen LogP contribution in [0.15, 0.2) is 24.4 Å². The largest absolute Gasteiger partial charge is 0.309 e. The van der Waals surface area contributed by atoms with Gasteiger partial charge in [-0.15, -0.1) is 0 Å². The van der Waals surface area contributed by atoms with E-state index in [9.17, 15) is 4.79 Å². The summed E-state index contributed by atoms with van der Waals surface area (Å²) in [6.45, 7) is 0. The molecule has 5 heteroatoms. The molecule has 2 fully saturated rings. The van der Waals surface area contributed by atoms with E-state index < -0.39 is 0 Å². The number of carbonyl (C=O) groups is 1. The number of fused-ring (bicyclic) bond motifs is 3. The van der Waals surface area contributed by atoms with Crippen molar-refractivity contribution in [2.24, 2.45) is 5.92 Å². The first-order chi connectivity index (χ1) is 9.22. The monoisotopic (exact) mass is 273 g/mol. The van der Waals surface area contributed by atoms with E-state index in [0.717, 1.165) is 35.9 Å². The predicted octanol–water partition coefficient (Wildman–Crippen LogP) is 2.80. The number of rotatable bonds is 1. The normalized spacial score (nSPS) is 25.5. The van der Waals surface area contributed by atoms with Crippen molar-refractivity contribution >= 4 is 34.1 Å². The van der Waals surface area contributed by atoms with Crippen LogP contribution in [0.5, 0.6) is 0 Å². The molecule has 1 saturated carbocycles. The average Bonchev–Trinajstić information content (AvgIpc) is 2.98. The quantitative estimate of drug-likeness (QED) is 0.751. The number of hydrogen-bond donors (Lipinski definition) is 0. The molecule has 2 bridgehead atoms. The highest BCUT2D eigenvalue weighted by atomic mass is 35.5. The Morgan fingerprint density at radius 1 is 1.32 bits per heavy atom. The van der Waals surface area contributed by atoms with E-state index in [4.69, 9.17) is 11.6 Å². The highest BCUT2D eigenvalue weighted by molar-refractivity contribution is 6.28. The highest BCUT2D eigenvalue weighted by Gasteiger charge is 2.45. The second kappa shape index (κ2) is 3.90. The van der Waals surface area contributed by atoms with Gasteiger partial charge in [0.05, 0.1) is 5.52 Å². The number of nitrogens with zero attached hydrogens (tertiary/aromatic N) is 3. The van der Waals surface area contributed by atoms with E-state index >= 15 is 0 Å². The van der Waals surface area contributed by atoms with Gasteiger partial charge >= 0.3 is 0 Å². The van der Waals surface area contributed by atoms with Crippen molar-refractivity contribution in [2.45, 2.75) is 25.3 Å². The molecular weight excluding hydrogens is 262 g/mol. The third-order valence-corrected chi connectivity index (χ3v) is 4.35. The molecule has 1 aliphatic carbocycles. The summed E-state index contributed by atoms with van der Waals surface area (Å²) in [5.41, 5.74) is 1.72. The van der Waals surface area contributed by atoms with Crippen molar-refractivity contribution in [3.8, 4) is 0 Å². The molecule has 1 aromatic heterocycles. The number of anilines is 1. The van der Waals surface area contributed by atoms with Gasteiger partial charge in [-0.1, -0.05) is 0 Å². The first-order valence-corrected chi connectivity index (χ1v) is 6.85. The smallest absolute Gasteiger partial charge is 0.230 e. The molecule has 2 atom stereocenters.